The molecule has 2 atom stereocenters. The Kier molecular flexibility index (Phi) is 3.13. The highest BCUT2D eigenvalue weighted by molar-refractivity contribution is 6.20. The highest BCUT2D eigenvalue weighted by Crippen LogP contribution is 2.48. The van der Waals surface area contributed by atoms with Crippen LogP contribution in [-0.2, 0) is 0 Å². The van der Waals surface area contributed by atoms with Crippen LogP contribution in [0.4, 0.5) is 30.7 Å². The lowest BCUT2D eigenvalue weighted by Crippen LogP contribution is -2.56. The summed E-state index contributed by atoms with van der Waals surface area (Å²) in [5.74, 6) is -5.82. The maximum absolute atomic E-state index is 12.5. The molecule has 0 spiro atoms. The summed E-state index contributed by atoms with van der Waals surface area (Å²) in [6, 6.07) is 0. The first-order valence-corrected chi connectivity index (χ1v) is 3.30. The second-order valence-electron chi connectivity index (χ2n) is 2.45. The molecule has 0 aromatic carbocycles. The Morgan fingerprint density at radius 2 is 1.31 bits per heavy atom. The fourth-order valence-electron chi connectivity index (χ4n) is 0.414. The highest BCUT2D eigenvalue weighted by Gasteiger charge is 2.72. The van der Waals surface area contributed by atoms with E-state index < -0.39 is 23.4 Å². The van der Waals surface area contributed by atoms with E-state index in [0.29, 0.717) is 0 Å². The van der Waals surface area contributed by atoms with Gasteiger partial charge < -0.3 is 0 Å². The molecule has 0 aromatic heterocycles. The Labute approximate surface area is 73.7 Å². The van der Waals surface area contributed by atoms with Gasteiger partial charge >= 0.3 is 12.1 Å². The maximum atomic E-state index is 12.5. The Morgan fingerprint density at radius 1 is 1.00 bits per heavy atom. The van der Waals surface area contributed by atoms with Gasteiger partial charge in [-0.2, -0.15) is 22.0 Å². The van der Waals surface area contributed by atoms with Crippen molar-refractivity contribution in [1.29, 1.82) is 0 Å². The van der Waals surface area contributed by atoms with Gasteiger partial charge in [0.2, 0.25) is 11.3 Å². The maximum Gasteiger partial charge on any atom is 0.456 e. The van der Waals surface area contributed by atoms with Crippen LogP contribution in [0.5, 0.6) is 0 Å². The molecule has 0 aliphatic carbocycles. The molecule has 2 unspecified atom stereocenters. The standard InChI is InChI=1S/C5H4ClF7/c1-3(8,2(6)7)4(9,10)5(11,12)13/h2H,1H3. The van der Waals surface area contributed by atoms with Gasteiger partial charge in [-0.25, -0.2) is 8.78 Å². The summed E-state index contributed by atoms with van der Waals surface area (Å²) in [7, 11) is 0. The van der Waals surface area contributed by atoms with Gasteiger partial charge in [-0.3, -0.25) is 0 Å². The van der Waals surface area contributed by atoms with Crippen LogP contribution in [0.3, 0.4) is 0 Å². The SMILES string of the molecule is CC(F)(C(F)Cl)C(F)(F)C(F)(F)F. The van der Waals surface area contributed by atoms with E-state index >= 15 is 0 Å². The molecule has 0 aliphatic rings. The molecule has 0 aromatic rings. The zero-order valence-electron chi connectivity index (χ0n) is 6.10. The van der Waals surface area contributed by atoms with Crippen LogP contribution < -0.4 is 0 Å². The Balaban J connectivity index is 5.04. The Bertz CT molecular complexity index is 182. The van der Waals surface area contributed by atoms with E-state index in [1.54, 1.807) is 0 Å². The highest BCUT2D eigenvalue weighted by atomic mass is 35.5. The number of hydrogen-bond donors (Lipinski definition) is 0. The minimum Gasteiger partial charge on any atom is -0.232 e. The number of rotatable bonds is 2. The summed E-state index contributed by atoms with van der Waals surface area (Å²) in [5, 5.41) is 0. The van der Waals surface area contributed by atoms with Crippen LogP contribution in [0.25, 0.3) is 0 Å². The first-order chi connectivity index (χ1) is 5.44. The van der Waals surface area contributed by atoms with Crippen molar-refractivity contribution in [3.05, 3.63) is 0 Å². The molecule has 80 valence electrons. The second kappa shape index (κ2) is 3.18. The third kappa shape index (κ3) is 2.00. The second-order valence-corrected chi connectivity index (χ2v) is 2.83. The Hall–Kier alpha value is -0.200. The van der Waals surface area contributed by atoms with E-state index in [1.807, 2.05) is 0 Å². The average Bonchev–Trinajstić information content (AvgIpc) is 1.84. The molecule has 0 amide bonds. The molecule has 0 fully saturated rings. The lowest BCUT2D eigenvalue weighted by Gasteiger charge is -2.31. The Morgan fingerprint density at radius 3 is 1.38 bits per heavy atom. The summed E-state index contributed by atoms with van der Waals surface area (Å²) in [4.78, 5) is 0. The smallest absolute Gasteiger partial charge is 0.232 e. The van der Waals surface area contributed by atoms with Crippen molar-refractivity contribution in [1.82, 2.24) is 0 Å². The van der Waals surface area contributed by atoms with Gasteiger partial charge in [0.15, 0.2) is 0 Å². The minimum absolute atomic E-state index is 0.252. The lowest BCUT2D eigenvalue weighted by molar-refractivity contribution is -0.328. The van der Waals surface area contributed by atoms with E-state index in [4.69, 9.17) is 0 Å². The number of halogens is 8. The van der Waals surface area contributed by atoms with Gasteiger partial charge in [-0.1, -0.05) is 11.6 Å². The van der Waals surface area contributed by atoms with Crippen LogP contribution in [0.2, 0.25) is 0 Å². The van der Waals surface area contributed by atoms with E-state index in [-0.39, 0.29) is 6.92 Å². The normalized spacial score (nSPS) is 21.0. The summed E-state index contributed by atoms with van der Waals surface area (Å²) in [6.45, 7) is -0.252. The quantitative estimate of drug-likeness (QED) is 0.505. The summed E-state index contributed by atoms with van der Waals surface area (Å²) in [6.07, 6.45) is -6.17. The first kappa shape index (κ1) is 12.8. The van der Waals surface area contributed by atoms with Crippen molar-refractivity contribution in [2.75, 3.05) is 0 Å². The van der Waals surface area contributed by atoms with E-state index in [9.17, 15) is 30.7 Å². The van der Waals surface area contributed by atoms with Crippen LogP contribution in [-0.4, -0.2) is 23.4 Å². The van der Waals surface area contributed by atoms with Gasteiger partial charge in [0.25, 0.3) is 0 Å². The predicted octanol–water partition coefficient (Wildman–Crippen LogP) is 3.45. The van der Waals surface area contributed by atoms with Gasteiger partial charge in [0.1, 0.15) is 0 Å². The van der Waals surface area contributed by atoms with Crippen LogP contribution in [0.15, 0.2) is 0 Å². The van der Waals surface area contributed by atoms with Gasteiger partial charge in [0, 0.05) is 0 Å². The van der Waals surface area contributed by atoms with Gasteiger partial charge in [-0.15, -0.1) is 0 Å². The molecular weight excluding hydrogens is 228 g/mol. The molecule has 0 aliphatic heterocycles. The summed E-state index contributed by atoms with van der Waals surface area (Å²) >= 11 is 4.24. The molecule has 8 heteroatoms. The van der Waals surface area contributed by atoms with Crippen molar-refractivity contribution < 1.29 is 30.7 Å². The third-order valence-electron chi connectivity index (χ3n) is 1.38. The van der Waals surface area contributed by atoms with Gasteiger partial charge in [-0.05, 0) is 6.92 Å². The number of hydrogen-bond acceptors (Lipinski definition) is 0. The van der Waals surface area contributed by atoms with Gasteiger partial charge in [0.05, 0.1) is 0 Å². The molecule has 0 nitrogen and oxygen atoms in total. The van der Waals surface area contributed by atoms with Crippen LogP contribution in [0.1, 0.15) is 6.92 Å². The third-order valence-corrected chi connectivity index (χ3v) is 1.79. The predicted molar refractivity (Wildman–Crippen MR) is 31.3 cm³/mol. The zero-order valence-corrected chi connectivity index (χ0v) is 6.86. The molecule has 0 N–H and O–H groups in total. The molecule has 0 bridgehead atoms. The lowest BCUT2D eigenvalue weighted by atomic mass is 10.0. The van der Waals surface area contributed by atoms with E-state index in [2.05, 4.69) is 11.6 Å². The largest absolute Gasteiger partial charge is 0.456 e. The van der Waals surface area contributed by atoms with Crippen molar-refractivity contribution in [3.63, 3.8) is 0 Å². The van der Waals surface area contributed by atoms with Crippen molar-refractivity contribution in [2.45, 2.75) is 30.3 Å². The topological polar surface area (TPSA) is 0 Å². The van der Waals surface area contributed by atoms with E-state index in [0.717, 1.165) is 0 Å². The number of alkyl halides is 8. The average molecular weight is 233 g/mol. The molecular formula is C5H4ClF7. The molecule has 13 heavy (non-hydrogen) atoms. The van der Waals surface area contributed by atoms with Crippen molar-refractivity contribution in [3.8, 4) is 0 Å². The molecule has 0 saturated heterocycles. The van der Waals surface area contributed by atoms with Crippen molar-refractivity contribution >= 4 is 11.6 Å². The molecule has 0 saturated carbocycles. The summed E-state index contributed by atoms with van der Waals surface area (Å²) in [5.41, 5.74) is -7.92. The molecule has 0 heterocycles. The van der Waals surface area contributed by atoms with Crippen molar-refractivity contribution in [2.24, 2.45) is 0 Å². The monoisotopic (exact) mass is 232 g/mol. The van der Waals surface area contributed by atoms with Crippen LogP contribution in [0, 0.1) is 0 Å². The molecule has 0 rings (SSSR count). The molecule has 0 radical (unpaired) electrons. The first-order valence-electron chi connectivity index (χ1n) is 2.86. The van der Waals surface area contributed by atoms with E-state index in [1.165, 1.54) is 0 Å². The summed E-state index contributed by atoms with van der Waals surface area (Å²) < 4.78 is 83.1. The zero-order chi connectivity index (χ0) is 11.1. The minimum atomic E-state index is -6.17. The fourth-order valence-corrected chi connectivity index (χ4v) is 0.551. The fraction of sp³-hybridized carbons (Fsp3) is 1.00. The van der Waals surface area contributed by atoms with Crippen LogP contribution >= 0.6 is 11.6 Å².